The first-order valence-electron chi connectivity index (χ1n) is 9.80. The number of alkyl halides is 2. The Labute approximate surface area is 171 Å². The summed E-state index contributed by atoms with van der Waals surface area (Å²) >= 11 is 0. The van der Waals surface area contributed by atoms with Gasteiger partial charge in [0, 0.05) is 24.0 Å². The Kier molecular flexibility index (Phi) is 4.25. The minimum absolute atomic E-state index is 0.0891. The van der Waals surface area contributed by atoms with E-state index >= 15 is 0 Å². The van der Waals surface area contributed by atoms with Gasteiger partial charge in [0.25, 0.3) is 0 Å². The molecule has 7 nitrogen and oxygen atoms in total. The van der Waals surface area contributed by atoms with Crippen molar-refractivity contribution in [3.05, 3.63) is 47.3 Å². The molecule has 0 radical (unpaired) electrons. The molecular weight excluding hydrogens is 392 g/mol. The van der Waals surface area contributed by atoms with Crippen LogP contribution < -0.4 is 15.0 Å². The van der Waals surface area contributed by atoms with Gasteiger partial charge in [0.1, 0.15) is 5.75 Å². The first-order valence-corrected chi connectivity index (χ1v) is 9.80. The Morgan fingerprint density at radius 2 is 2.10 bits per heavy atom. The van der Waals surface area contributed by atoms with E-state index in [-0.39, 0.29) is 23.5 Å². The number of fused-ring (bicyclic) bond motifs is 2. The quantitative estimate of drug-likeness (QED) is 0.680. The summed E-state index contributed by atoms with van der Waals surface area (Å²) in [4.78, 5) is 6.56. The number of aromatic nitrogens is 3. The Bertz CT molecular complexity index is 1130. The number of aliphatic hydroxyl groups is 1. The number of nitrogens with one attached hydrogen (secondary N) is 1. The second-order valence-corrected chi connectivity index (χ2v) is 7.87. The summed E-state index contributed by atoms with van der Waals surface area (Å²) in [7, 11) is 0. The number of ether oxygens (including phenoxy) is 1. The molecule has 0 bridgehead atoms. The molecule has 30 heavy (non-hydrogen) atoms. The Balaban J connectivity index is 1.50. The van der Waals surface area contributed by atoms with Crippen molar-refractivity contribution in [1.82, 2.24) is 15.2 Å². The van der Waals surface area contributed by atoms with Crippen molar-refractivity contribution >= 4 is 22.4 Å². The number of pyridine rings is 1. The van der Waals surface area contributed by atoms with Crippen LogP contribution in [0.2, 0.25) is 0 Å². The van der Waals surface area contributed by atoms with Crippen LogP contribution in [-0.2, 0) is 5.92 Å². The zero-order chi connectivity index (χ0) is 21.0. The molecule has 2 aromatic heterocycles. The monoisotopic (exact) mass is 413 g/mol. The molecule has 2 aliphatic rings. The molecule has 0 unspecified atom stereocenters. The number of rotatable bonds is 4. The third kappa shape index (κ3) is 3.00. The lowest BCUT2D eigenvalue weighted by Gasteiger charge is -2.37. The summed E-state index contributed by atoms with van der Waals surface area (Å²) in [6.07, 6.45) is 1.43. The van der Waals surface area contributed by atoms with E-state index in [1.807, 2.05) is 24.8 Å². The average Bonchev–Trinajstić information content (AvgIpc) is 3.02. The minimum Gasteiger partial charge on any atom is -0.486 e. The maximum atomic E-state index is 14.0. The maximum Gasteiger partial charge on any atom is 0.310 e. The molecular formula is C21H21F2N5O2. The van der Waals surface area contributed by atoms with E-state index in [1.54, 1.807) is 18.3 Å². The zero-order valence-electron chi connectivity index (χ0n) is 16.6. The van der Waals surface area contributed by atoms with Gasteiger partial charge >= 0.3 is 5.92 Å². The summed E-state index contributed by atoms with van der Waals surface area (Å²) in [5, 5.41) is 22.1. The second-order valence-electron chi connectivity index (χ2n) is 7.87. The summed E-state index contributed by atoms with van der Waals surface area (Å²) in [5.74, 6) is -2.25. The fraction of sp³-hybridized carbons (Fsp3) is 0.381. The number of benzene rings is 1. The highest BCUT2D eigenvalue weighted by molar-refractivity contribution is 5.92. The van der Waals surface area contributed by atoms with Crippen molar-refractivity contribution in [2.45, 2.75) is 31.9 Å². The molecule has 2 N–H and O–H groups in total. The van der Waals surface area contributed by atoms with Gasteiger partial charge in [0.2, 0.25) is 0 Å². The van der Waals surface area contributed by atoms with Gasteiger partial charge in [-0.15, -0.1) is 5.10 Å². The molecule has 0 spiro atoms. The topological polar surface area (TPSA) is 83.4 Å². The third-order valence-corrected chi connectivity index (χ3v) is 5.66. The van der Waals surface area contributed by atoms with Crippen LogP contribution in [-0.4, -0.2) is 46.1 Å². The number of hydrogen-bond acceptors (Lipinski definition) is 7. The standard InChI is InChI=1S/C21H21F2N5O2/c1-11(15-4-3-5-17-19(15)30-10-21(17,22)23)25-20-16-6-13(28-8-14(29)9-28)7-24-18(16)12(2)26-27-20/h3-7,11,14,29H,8-10H2,1-2H3,(H,25,27)/t11-/m1/s1. The van der Waals surface area contributed by atoms with Crippen LogP contribution in [0.15, 0.2) is 30.5 Å². The first-order chi connectivity index (χ1) is 14.3. The van der Waals surface area contributed by atoms with Gasteiger partial charge in [0.15, 0.2) is 12.4 Å². The fourth-order valence-corrected chi connectivity index (χ4v) is 3.96. The second kappa shape index (κ2) is 6.73. The van der Waals surface area contributed by atoms with E-state index < -0.39 is 12.5 Å². The van der Waals surface area contributed by atoms with E-state index in [9.17, 15) is 13.9 Å². The highest BCUT2D eigenvalue weighted by Gasteiger charge is 2.42. The van der Waals surface area contributed by atoms with Crippen molar-refractivity contribution in [2.24, 2.45) is 0 Å². The van der Waals surface area contributed by atoms with E-state index in [0.717, 1.165) is 11.1 Å². The summed E-state index contributed by atoms with van der Waals surface area (Å²) < 4.78 is 33.4. The van der Waals surface area contributed by atoms with Gasteiger partial charge < -0.3 is 20.1 Å². The predicted octanol–water partition coefficient (Wildman–Crippen LogP) is 3.17. The first kappa shape index (κ1) is 18.9. The largest absolute Gasteiger partial charge is 0.486 e. The van der Waals surface area contributed by atoms with Crippen LogP contribution in [0.3, 0.4) is 0 Å². The minimum atomic E-state index is -2.98. The number of anilines is 2. The Morgan fingerprint density at radius 3 is 2.87 bits per heavy atom. The van der Waals surface area contributed by atoms with Crippen LogP contribution in [0.1, 0.15) is 29.8 Å². The average molecular weight is 413 g/mol. The molecule has 0 aliphatic carbocycles. The summed E-state index contributed by atoms with van der Waals surface area (Å²) in [6, 6.07) is 6.40. The number of hydrogen-bond donors (Lipinski definition) is 2. The Morgan fingerprint density at radius 1 is 1.30 bits per heavy atom. The van der Waals surface area contributed by atoms with Gasteiger partial charge in [-0.3, -0.25) is 4.98 Å². The molecule has 9 heteroatoms. The lowest BCUT2D eigenvalue weighted by atomic mass is 10.0. The number of aliphatic hydroxyl groups excluding tert-OH is 1. The van der Waals surface area contributed by atoms with E-state index in [1.165, 1.54) is 6.07 Å². The van der Waals surface area contributed by atoms with Crippen LogP contribution in [0.5, 0.6) is 5.75 Å². The van der Waals surface area contributed by atoms with Crippen molar-refractivity contribution < 1.29 is 18.6 Å². The molecule has 2 aliphatic heterocycles. The Hall–Kier alpha value is -3.07. The smallest absolute Gasteiger partial charge is 0.310 e. The predicted molar refractivity (Wildman–Crippen MR) is 108 cm³/mol. The molecule has 1 saturated heterocycles. The maximum absolute atomic E-state index is 14.0. The molecule has 1 atom stereocenters. The molecule has 156 valence electrons. The fourth-order valence-electron chi connectivity index (χ4n) is 3.96. The summed E-state index contributed by atoms with van der Waals surface area (Å²) in [6.45, 7) is 4.18. The molecule has 0 amide bonds. The molecule has 5 rings (SSSR count). The normalized spacial score (nSPS) is 18.6. The molecule has 3 aromatic rings. The highest BCUT2D eigenvalue weighted by atomic mass is 19.3. The van der Waals surface area contributed by atoms with Crippen LogP contribution >= 0.6 is 0 Å². The van der Waals surface area contributed by atoms with Gasteiger partial charge in [-0.2, -0.15) is 13.9 Å². The number of halogens is 2. The molecule has 0 saturated carbocycles. The SMILES string of the molecule is Cc1nnc(N[C@H](C)c2cccc3c2OCC3(F)F)c2cc(N3CC(O)C3)cnc12. The van der Waals surface area contributed by atoms with E-state index in [0.29, 0.717) is 35.7 Å². The summed E-state index contributed by atoms with van der Waals surface area (Å²) in [5.41, 5.74) is 2.84. The third-order valence-electron chi connectivity index (χ3n) is 5.66. The zero-order valence-corrected chi connectivity index (χ0v) is 16.6. The highest BCUT2D eigenvalue weighted by Crippen LogP contribution is 2.45. The van der Waals surface area contributed by atoms with Gasteiger partial charge in [0.05, 0.1) is 40.8 Å². The lowest BCUT2D eigenvalue weighted by molar-refractivity contribution is -0.0214. The lowest BCUT2D eigenvalue weighted by Crippen LogP contribution is -2.50. The van der Waals surface area contributed by atoms with Gasteiger partial charge in [-0.1, -0.05) is 12.1 Å². The molecule has 4 heterocycles. The van der Waals surface area contributed by atoms with Crippen molar-refractivity contribution in [3.8, 4) is 5.75 Å². The molecule has 1 aromatic carbocycles. The van der Waals surface area contributed by atoms with Gasteiger partial charge in [-0.05, 0) is 26.0 Å². The van der Waals surface area contributed by atoms with Crippen molar-refractivity contribution in [3.63, 3.8) is 0 Å². The van der Waals surface area contributed by atoms with Crippen molar-refractivity contribution in [2.75, 3.05) is 29.9 Å². The van der Waals surface area contributed by atoms with Gasteiger partial charge in [-0.25, -0.2) is 0 Å². The number of para-hydroxylation sites is 1. The van der Waals surface area contributed by atoms with Crippen LogP contribution in [0.25, 0.3) is 10.9 Å². The number of nitrogens with zero attached hydrogens (tertiary/aromatic N) is 4. The number of aryl methyl sites for hydroxylation is 1. The number of β-amino-alcohol motifs (C(OH)–C–C–N with tert-alkyl or cyclic N) is 1. The van der Waals surface area contributed by atoms with Crippen LogP contribution in [0, 0.1) is 6.92 Å². The van der Waals surface area contributed by atoms with E-state index in [4.69, 9.17) is 4.74 Å². The van der Waals surface area contributed by atoms with E-state index in [2.05, 4.69) is 20.5 Å². The van der Waals surface area contributed by atoms with Crippen LogP contribution in [0.4, 0.5) is 20.3 Å². The van der Waals surface area contributed by atoms with Crippen molar-refractivity contribution in [1.29, 1.82) is 0 Å². The molecule has 1 fully saturated rings.